The highest BCUT2D eigenvalue weighted by Gasteiger charge is 2.04. The van der Waals surface area contributed by atoms with E-state index in [0.29, 0.717) is 0 Å². The molecule has 0 aliphatic rings. The van der Waals surface area contributed by atoms with Gasteiger partial charge in [-0.1, -0.05) is 44.5 Å². The van der Waals surface area contributed by atoms with Crippen molar-refractivity contribution >= 4 is 89.2 Å². The highest BCUT2D eigenvalue weighted by Crippen LogP contribution is 2.33. The van der Waals surface area contributed by atoms with Gasteiger partial charge in [0.25, 0.3) is 0 Å². The van der Waals surface area contributed by atoms with Crippen LogP contribution in [0.25, 0.3) is 20.2 Å². The molecule has 4 rings (SSSR count). The predicted octanol–water partition coefficient (Wildman–Crippen LogP) is 7.92. The number of anilines is 1. The van der Waals surface area contributed by atoms with E-state index < -0.39 is 0 Å². The smallest absolute Gasteiger partial charge is 0.373 e. The fourth-order valence-corrected chi connectivity index (χ4v) is 5.34. The summed E-state index contributed by atoms with van der Waals surface area (Å²) < 4.78 is 3.95. The maximum atomic E-state index is 8.12. The van der Waals surface area contributed by atoms with Crippen LogP contribution in [0.1, 0.15) is 30.0 Å². The molecule has 0 N–H and O–H groups in total. The Morgan fingerprint density at radius 1 is 0.794 bits per heavy atom. The van der Waals surface area contributed by atoms with Gasteiger partial charge in [-0.05, 0) is 64.8 Å². The Morgan fingerprint density at radius 3 is 1.59 bits per heavy atom. The van der Waals surface area contributed by atoms with Crippen LogP contribution >= 0.6 is 51.0 Å². The van der Waals surface area contributed by atoms with Gasteiger partial charge in [0.05, 0.1) is 10.4 Å². The van der Waals surface area contributed by atoms with Gasteiger partial charge in [0.1, 0.15) is 0 Å². The molecule has 4 aromatic rings. The van der Waals surface area contributed by atoms with Crippen LogP contribution in [0.5, 0.6) is 0 Å². The van der Waals surface area contributed by atoms with Crippen molar-refractivity contribution in [1.82, 2.24) is 0 Å². The molecule has 0 aliphatic heterocycles. The lowest BCUT2D eigenvalue weighted by Crippen LogP contribution is -2.08. The van der Waals surface area contributed by atoms with Crippen LogP contribution in [0.15, 0.2) is 53.0 Å². The van der Waals surface area contributed by atoms with Crippen molar-refractivity contribution in [3.8, 4) is 0 Å². The molecule has 184 valence electrons. The molecule has 0 saturated heterocycles. The second-order valence-electron chi connectivity index (χ2n) is 6.84. The number of fused-ring (bicyclic) bond motifs is 2. The van der Waals surface area contributed by atoms with Gasteiger partial charge in [-0.2, -0.15) is 19.2 Å². The Hall–Kier alpha value is -2.31. The summed E-state index contributed by atoms with van der Waals surface area (Å²) in [6.45, 7) is 8.54. The summed E-state index contributed by atoms with van der Waals surface area (Å²) >= 11 is 7.22. The maximum Gasteiger partial charge on any atom is 0.373 e. The molecule has 2 heterocycles. The lowest BCUT2D eigenvalue weighted by atomic mass is 10.2. The van der Waals surface area contributed by atoms with Crippen LogP contribution in [0, 0.1) is 13.8 Å². The van der Waals surface area contributed by atoms with E-state index in [-0.39, 0.29) is 24.7 Å². The van der Waals surface area contributed by atoms with Gasteiger partial charge in [0, 0.05) is 33.0 Å². The molecule has 0 aliphatic carbocycles. The number of thiophene rings is 2. The number of hydrogen-bond donors (Lipinski definition) is 0. The lowest BCUT2D eigenvalue weighted by molar-refractivity contribution is -0.193. The molecule has 2 aromatic carbocycles. The van der Waals surface area contributed by atoms with Gasteiger partial charge in [-0.3, -0.25) is 0 Å². The Morgan fingerprint density at radius 2 is 1.18 bits per heavy atom. The fraction of sp³-hybridized carbons (Fsp3) is 0.280. The molecule has 0 radical (unpaired) electrons. The van der Waals surface area contributed by atoms with Crippen LogP contribution in [0.4, 0.5) is 5.69 Å². The second kappa shape index (κ2) is 19.0. The largest absolute Gasteiger partial charge is 0.377 e. The summed E-state index contributed by atoms with van der Waals surface area (Å²) in [4.78, 5) is 37.4. The summed E-state index contributed by atoms with van der Waals surface area (Å²) in [5, 5.41) is 2.69. The Bertz CT molecular complexity index is 1180. The van der Waals surface area contributed by atoms with Crippen molar-refractivity contribution in [2.45, 2.75) is 34.1 Å². The average Bonchev–Trinajstić information content (AvgIpc) is 3.31. The summed E-state index contributed by atoms with van der Waals surface area (Å²) in [6, 6.07) is 17.2. The fourth-order valence-electron chi connectivity index (χ4n) is 2.68. The van der Waals surface area contributed by atoms with Gasteiger partial charge in [-0.15, -0.1) is 35.1 Å². The minimum absolute atomic E-state index is 0. The second-order valence-corrected chi connectivity index (χ2v) is 10.2. The van der Waals surface area contributed by atoms with Gasteiger partial charge in [-0.25, -0.2) is 0 Å². The molecule has 0 spiro atoms. The Labute approximate surface area is 223 Å². The topological polar surface area (TPSA) is 71.5 Å². The summed E-state index contributed by atoms with van der Waals surface area (Å²) in [6.07, 6.45) is 1.75. The molecule has 0 fully saturated rings. The third-order valence-electron chi connectivity index (χ3n) is 3.75. The van der Waals surface area contributed by atoms with Gasteiger partial charge < -0.3 is 4.90 Å². The number of aryl methyl sites for hydroxylation is 2. The summed E-state index contributed by atoms with van der Waals surface area (Å²) in [5.41, 5.74) is 1.32. The Kier molecular flexibility index (Phi) is 19.0. The van der Waals surface area contributed by atoms with Gasteiger partial charge >= 0.3 is 12.3 Å². The summed E-state index contributed by atoms with van der Waals surface area (Å²) in [5.74, 6) is 0. The van der Waals surface area contributed by atoms with E-state index in [1.807, 2.05) is 22.7 Å². The molecular formula is C25H29BrClNO4S2. The molecule has 9 heteroatoms. The number of halogens is 2. The van der Waals surface area contributed by atoms with E-state index in [9.17, 15) is 0 Å². The number of carbonyl (C=O) groups excluding carboxylic acids is 4. The van der Waals surface area contributed by atoms with Crippen LogP contribution in [0.3, 0.4) is 0 Å². The quantitative estimate of drug-likeness (QED) is 0.227. The summed E-state index contributed by atoms with van der Waals surface area (Å²) in [7, 11) is 4.17. The van der Waals surface area contributed by atoms with Crippen LogP contribution in [-0.4, -0.2) is 26.4 Å². The third-order valence-corrected chi connectivity index (χ3v) is 6.86. The van der Waals surface area contributed by atoms with E-state index in [4.69, 9.17) is 19.2 Å². The first kappa shape index (κ1) is 33.9. The molecule has 0 amide bonds. The molecule has 34 heavy (non-hydrogen) atoms. The van der Waals surface area contributed by atoms with E-state index in [1.54, 1.807) is 0 Å². The molecule has 0 atom stereocenters. The number of rotatable bonds is 1. The van der Waals surface area contributed by atoms with E-state index in [1.165, 1.54) is 46.5 Å². The van der Waals surface area contributed by atoms with Crippen molar-refractivity contribution in [3.05, 3.63) is 62.8 Å². The lowest BCUT2D eigenvalue weighted by Gasteiger charge is -2.12. The zero-order chi connectivity index (χ0) is 25.4. The number of hydrogen-bond acceptors (Lipinski definition) is 7. The highest BCUT2D eigenvalue weighted by molar-refractivity contribution is 9.10. The molecule has 2 aromatic heterocycles. The first-order chi connectivity index (χ1) is 15.7. The molecule has 5 nitrogen and oxygen atoms in total. The van der Waals surface area contributed by atoms with Crippen molar-refractivity contribution < 1.29 is 19.2 Å². The van der Waals surface area contributed by atoms with Crippen molar-refractivity contribution in [2.24, 2.45) is 0 Å². The zero-order valence-corrected chi connectivity index (χ0v) is 24.0. The van der Waals surface area contributed by atoms with Gasteiger partial charge in [0.2, 0.25) is 0 Å². The highest BCUT2D eigenvalue weighted by atomic mass is 79.9. The number of benzene rings is 2. The number of nitrogens with zero attached hydrogens (tertiary/aromatic N) is 1. The minimum atomic E-state index is 0. The molecule has 0 bridgehead atoms. The van der Waals surface area contributed by atoms with Crippen molar-refractivity contribution in [2.75, 3.05) is 19.0 Å². The first-order valence-corrected chi connectivity index (χ1v) is 12.4. The average molecular weight is 587 g/mol. The van der Waals surface area contributed by atoms with E-state index in [0.717, 1.165) is 0 Å². The monoisotopic (exact) mass is 585 g/mol. The first-order valence-electron chi connectivity index (χ1n) is 10.00. The molecule has 0 unspecified atom stereocenters. The van der Waals surface area contributed by atoms with Crippen molar-refractivity contribution in [1.29, 1.82) is 0 Å². The normalized spacial score (nSPS) is 8.56. The van der Waals surface area contributed by atoms with E-state index >= 15 is 0 Å². The zero-order valence-electron chi connectivity index (χ0n) is 20.0. The molecule has 0 saturated carbocycles. The SMILES string of the molecule is CCC.Cc1cc2cccc(Br)c2s1.Cc1cc2cccc(N(C)C)c2s1.Cl.O=C=O.O=C=O. The third kappa shape index (κ3) is 11.7. The standard InChI is InChI=1S/C11H13NS.C9H7BrS.C3H8.2CO2.ClH/c1-8-7-9-5-4-6-10(12(2)3)11(9)13-8;1-6-5-7-3-2-4-8(10)9(7)11-6;1-3-2;2*2-1-3;/h4-7H,1-3H3;2-5H,1H3;3H2,1-2H3;;;1H. The Balaban J connectivity index is 0. The van der Waals surface area contributed by atoms with Gasteiger partial charge in [0.15, 0.2) is 0 Å². The predicted molar refractivity (Wildman–Crippen MR) is 148 cm³/mol. The molecular weight excluding hydrogens is 558 g/mol. The van der Waals surface area contributed by atoms with Crippen LogP contribution in [0.2, 0.25) is 0 Å². The van der Waals surface area contributed by atoms with Crippen LogP contribution in [-0.2, 0) is 19.2 Å². The van der Waals surface area contributed by atoms with E-state index in [2.05, 4.69) is 111 Å². The maximum absolute atomic E-state index is 8.12. The minimum Gasteiger partial charge on any atom is -0.377 e. The van der Waals surface area contributed by atoms with Crippen molar-refractivity contribution in [3.63, 3.8) is 0 Å². The van der Waals surface area contributed by atoms with Crippen LogP contribution < -0.4 is 4.90 Å².